The van der Waals surface area contributed by atoms with Crippen LogP contribution in [0.5, 0.6) is 0 Å². The number of hydrogen-bond acceptors (Lipinski definition) is 6. The Kier molecular flexibility index (Phi) is 6.34. The molecule has 1 saturated carbocycles. The van der Waals surface area contributed by atoms with Crippen LogP contribution >= 0.6 is 11.6 Å². The van der Waals surface area contributed by atoms with Crippen LogP contribution in [0.2, 0.25) is 5.02 Å². The lowest BCUT2D eigenvalue weighted by molar-refractivity contribution is -0.0994. The Labute approximate surface area is 198 Å². The van der Waals surface area contributed by atoms with Gasteiger partial charge in [-0.1, -0.05) is 31.4 Å². The number of aliphatic hydroxyl groups is 1. The van der Waals surface area contributed by atoms with Gasteiger partial charge in [0.1, 0.15) is 0 Å². The van der Waals surface area contributed by atoms with E-state index in [2.05, 4.69) is 39.1 Å². The smallest absolute Gasteiger partial charge is 0.252 e. The predicted molar refractivity (Wildman–Crippen MR) is 126 cm³/mol. The third kappa shape index (κ3) is 4.75. The Morgan fingerprint density at radius 2 is 2.12 bits per heavy atom. The molecule has 3 aromatic heterocycles. The fraction of sp³-hybridized carbons (Fsp3) is 0.520. The quantitative estimate of drug-likeness (QED) is 0.522. The molecule has 3 aromatic rings. The average molecular weight is 468 g/mol. The molecule has 5 rings (SSSR count). The van der Waals surface area contributed by atoms with Crippen molar-refractivity contribution >= 4 is 17.4 Å². The lowest BCUT2D eigenvalue weighted by Gasteiger charge is -2.42. The van der Waals surface area contributed by atoms with Gasteiger partial charge in [0.2, 0.25) is 0 Å². The maximum atomic E-state index is 11.1. The normalized spacial score (nSPS) is 21.9. The summed E-state index contributed by atoms with van der Waals surface area (Å²) in [5.41, 5.74) is 2.94. The molecule has 174 valence electrons. The molecule has 0 amide bonds. The van der Waals surface area contributed by atoms with E-state index in [1.807, 2.05) is 6.20 Å². The van der Waals surface area contributed by atoms with E-state index in [4.69, 9.17) is 16.3 Å². The standard InChI is InChI=1S/C25H30ClN5O2/c1-2-21-11-17(8-10-27-21)7-9-25(19-5-3-4-6-19)13-22(32)18(16-33-25)12-23-29-24-28-14-20(26)15-31(24)30-23/h8,10-11,14-15,19,32H,2-7,9,12-13,16H2,1H3. The molecule has 1 aliphatic carbocycles. The number of hydrogen-bond donors (Lipinski definition) is 1. The first-order valence-corrected chi connectivity index (χ1v) is 12.3. The predicted octanol–water partition coefficient (Wildman–Crippen LogP) is 5.07. The third-order valence-corrected chi connectivity index (χ3v) is 7.36. The first-order chi connectivity index (χ1) is 16.0. The Morgan fingerprint density at radius 1 is 1.27 bits per heavy atom. The molecule has 1 unspecified atom stereocenters. The van der Waals surface area contributed by atoms with Crippen LogP contribution in [-0.2, 0) is 24.0 Å². The number of halogens is 1. The molecule has 1 fully saturated rings. The highest BCUT2D eigenvalue weighted by Gasteiger charge is 2.44. The van der Waals surface area contributed by atoms with Crippen molar-refractivity contribution in [2.24, 2.45) is 5.92 Å². The van der Waals surface area contributed by atoms with Crippen LogP contribution in [0, 0.1) is 5.92 Å². The maximum absolute atomic E-state index is 11.1. The van der Waals surface area contributed by atoms with Gasteiger partial charge in [-0.05, 0) is 55.7 Å². The lowest BCUT2D eigenvalue weighted by atomic mass is 9.76. The zero-order valence-corrected chi connectivity index (χ0v) is 19.8. The minimum atomic E-state index is -0.318. The second kappa shape index (κ2) is 9.39. The Morgan fingerprint density at radius 3 is 2.91 bits per heavy atom. The molecule has 1 aliphatic heterocycles. The summed E-state index contributed by atoms with van der Waals surface area (Å²) in [5, 5.41) is 16.1. The second-order valence-corrected chi connectivity index (χ2v) is 9.73. The van der Waals surface area contributed by atoms with Crippen molar-refractivity contribution < 1.29 is 9.84 Å². The summed E-state index contributed by atoms with van der Waals surface area (Å²) in [6.07, 6.45) is 13.7. The molecule has 7 nitrogen and oxygen atoms in total. The van der Waals surface area contributed by atoms with Gasteiger partial charge < -0.3 is 9.84 Å². The van der Waals surface area contributed by atoms with Crippen LogP contribution < -0.4 is 0 Å². The van der Waals surface area contributed by atoms with E-state index in [9.17, 15) is 5.11 Å². The van der Waals surface area contributed by atoms with Crippen molar-refractivity contribution in [3.8, 4) is 0 Å². The van der Waals surface area contributed by atoms with Gasteiger partial charge in [-0.3, -0.25) is 4.98 Å². The summed E-state index contributed by atoms with van der Waals surface area (Å²) in [5.74, 6) is 2.01. The summed E-state index contributed by atoms with van der Waals surface area (Å²) >= 11 is 6.00. The zero-order valence-electron chi connectivity index (χ0n) is 19.0. The number of rotatable bonds is 7. The van der Waals surface area contributed by atoms with Crippen molar-refractivity contribution in [3.63, 3.8) is 0 Å². The van der Waals surface area contributed by atoms with E-state index in [1.165, 1.54) is 31.2 Å². The summed E-state index contributed by atoms with van der Waals surface area (Å²) in [4.78, 5) is 13.1. The SMILES string of the molecule is CCc1cc(CCC2(C3CCCC3)CC(O)=C(Cc3nc4ncc(Cl)cn4n3)CO2)ccn1. The molecule has 8 heteroatoms. The van der Waals surface area contributed by atoms with E-state index in [1.54, 1.807) is 16.9 Å². The van der Waals surface area contributed by atoms with Crippen molar-refractivity contribution in [1.82, 2.24) is 24.6 Å². The first-order valence-electron chi connectivity index (χ1n) is 11.9. The topological polar surface area (TPSA) is 85.4 Å². The number of pyridine rings is 1. The van der Waals surface area contributed by atoms with E-state index < -0.39 is 0 Å². The van der Waals surface area contributed by atoms with E-state index in [0.29, 0.717) is 47.8 Å². The van der Waals surface area contributed by atoms with Crippen LogP contribution in [-0.4, -0.2) is 41.9 Å². The van der Waals surface area contributed by atoms with Crippen LogP contribution in [0.1, 0.15) is 62.5 Å². The number of aromatic nitrogens is 5. The highest BCUT2D eigenvalue weighted by Crippen LogP contribution is 2.45. The Bertz CT molecular complexity index is 1170. The van der Waals surface area contributed by atoms with E-state index in [0.717, 1.165) is 30.5 Å². The Balaban J connectivity index is 1.35. The summed E-state index contributed by atoms with van der Waals surface area (Å²) in [6.45, 7) is 2.53. The lowest BCUT2D eigenvalue weighted by Crippen LogP contribution is -2.44. The second-order valence-electron chi connectivity index (χ2n) is 9.29. The van der Waals surface area contributed by atoms with Gasteiger partial charge in [0.25, 0.3) is 5.78 Å². The maximum Gasteiger partial charge on any atom is 0.252 e. The molecule has 1 N–H and O–H groups in total. The summed E-state index contributed by atoms with van der Waals surface area (Å²) in [6, 6.07) is 4.29. The fourth-order valence-corrected chi connectivity index (χ4v) is 5.45. The summed E-state index contributed by atoms with van der Waals surface area (Å²) in [7, 11) is 0. The van der Waals surface area contributed by atoms with Crippen molar-refractivity contribution in [3.05, 3.63) is 64.2 Å². The van der Waals surface area contributed by atoms with Gasteiger partial charge in [-0.25, -0.2) is 9.50 Å². The fourth-order valence-electron chi connectivity index (χ4n) is 5.31. The highest BCUT2D eigenvalue weighted by atomic mass is 35.5. The Hall–Kier alpha value is -2.51. The minimum Gasteiger partial charge on any atom is -0.512 e. The van der Waals surface area contributed by atoms with E-state index >= 15 is 0 Å². The molecular formula is C25H30ClN5O2. The monoisotopic (exact) mass is 467 g/mol. The van der Waals surface area contributed by atoms with Gasteiger partial charge in [-0.15, -0.1) is 5.10 Å². The number of aryl methyl sites for hydroxylation is 2. The van der Waals surface area contributed by atoms with Crippen LogP contribution in [0.4, 0.5) is 0 Å². The zero-order chi connectivity index (χ0) is 22.8. The molecule has 0 spiro atoms. The first kappa shape index (κ1) is 22.3. The van der Waals surface area contributed by atoms with Gasteiger partial charge in [0.15, 0.2) is 5.82 Å². The van der Waals surface area contributed by atoms with Crippen LogP contribution in [0.15, 0.2) is 42.1 Å². The minimum absolute atomic E-state index is 0.318. The largest absolute Gasteiger partial charge is 0.512 e. The van der Waals surface area contributed by atoms with Crippen molar-refractivity contribution in [1.29, 1.82) is 0 Å². The molecular weight excluding hydrogens is 438 g/mol. The van der Waals surface area contributed by atoms with Gasteiger partial charge >= 0.3 is 0 Å². The van der Waals surface area contributed by atoms with Gasteiger partial charge in [0.05, 0.1) is 35.4 Å². The number of ether oxygens (including phenoxy) is 1. The number of fused-ring (bicyclic) bond motifs is 1. The molecule has 0 radical (unpaired) electrons. The molecule has 2 aliphatic rings. The third-order valence-electron chi connectivity index (χ3n) is 7.17. The van der Waals surface area contributed by atoms with Crippen molar-refractivity contribution in [2.45, 2.75) is 70.3 Å². The molecule has 0 bridgehead atoms. The average Bonchev–Trinajstić information content (AvgIpc) is 3.50. The van der Waals surface area contributed by atoms with Crippen molar-refractivity contribution in [2.75, 3.05) is 6.61 Å². The summed E-state index contributed by atoms with van der Waals surface area (Å²) < 4.78 is 8.21. The van der Waals surface area contributed by atoms with Gasteiger partial charge in [-0.2, -0.15) is 4.98 Å². The number of aliphatic hydroxyl groups excluding tert-OH is 1. The molecule has 1 atom stereocenters. The molecule has 0 saturated heterocycles. The van der Waals surface area contributed by atoms with E-state index in [-0.39, 0.29) is 5.60 Å². The molecule has 0 aromatic carbocycles. The molecule has 33 heavy (non-hydrogen) atoms. The van der Waals surface area contributed by atoms with Crippen LogP contribution in [0.25, 0.3) is 5.78 Å². The van der Waals surface area contributed by atoms with Gasteiger partial charge in [0, 0.05) is 30.3 Å². The molecule has 4 heterocycles. The number of nitrogens with zero attached hydrogens (tertiary/aromatic N) is 5. The van der Waals surface area contributed by atoms with Crippen LogP contribution in [0.3, 0.4) is 0 Å². The highest BCUT2D eigenvalue weighted by molar-refractivity contribution is 6.30.